The largest absolute Gasteiger partial charge is 0.427 e. The highest BCUT2D eigenvalue weighted by molar-refractivity contribution is 5.84. The molecule has 98 valence electrons. The van der Waals surface area contributed by atoms with Crippen LogP contribution >= 0.6 is 0 Å². The summed E-state index contributed by atoms with van der Waals surface area (Å²) < 4.78 is 5.30. The van der Waals surface area contributed by atoms with E-state index in [2.05, 4.69) is 5.43 Å². The van der Waals surface area contributed by atoms with Crippen molar-refractivity contribution in [3.05, 3.63) is 0 Å². The van der Waals surface area contributed by atoms with Gasteiger partial charge in [-0.3, -0.25) is 9.80 Å². The second-order valence-corrected chi connectivity index (χ2v) is 4.82. The zero-order valence-corrected chi connectivity index (χ0v) is 11.1. The monoisotopic (exact) mass is 243 g/mol. The lowest BCUT2D eigenvalue weighted by Gasteiger charge is -2.27. The predicted molar refractivity (Wildman–Crippen MR) is 62.9 cm³/mol. The Balaban J connectivity index is 2.83. The van der Waals surface area contributed by atoms with Crippen molar-refractivity contribution >= 4 is 12.0 Å². The topological polar surface area (TPSA) is 61.9 Å². The van der Waals surface area contributed by atoms with E-state index in [1.54, 1.807) is 21.1 Å². The number of ether oxygens (including phenoxy) is 1. The molecule has 0 aromatic heterocycles. The minimum absolute atomic E-state index is 0.0455. The highest BCUT2D eigenvalue weighted by Gasteiger charge is 2.51. The Bertz CT molecular complexity index is 319. The van der Waals surface area contributed by atoms with Crippen LogP contribution in [0.15, 0.2) is 0 Å². The number of hydrogen-bond donors (Lipinski definition) is 1. The van der Waals surface area contributed by atoms with Crippen LogP contribution in [0.3, 0.4) is 0 Å². The molecule has 2 amide bonds. The van der Waals surface area contributed by atoms with Crippen molar-refractivity contribution in [2.75, 3.05) is 21.1 Å². The fraction of sp³-hybridized carbons (Fsp3) is 0.818. The van der Waals surface area contributed by atoms with Gasteiger partial charge < -0.3 is 9.64 Å². The van der Waals surface area contributed by atoms with E-state index in [0.717, 1.165) is 6.42 Å². The van der Waals surface area contributed by atoms with Gasteiger partial charge in [0.05, 0.1) is 0 Å². The van der Waals surface area contributed by atoms with E-state index in [0.29, 0.717) is 6.42 Å². The van der Waals surface area contributed by atoms with E-state index in [1.807, 2.05) is 13.8 Å². The normalized spacial score (nSPS) is 28.4. The van der Waals surface area contributed by atoms with Gasteiger partial charge in [0, 0.05) is 21.1 Å². The molecule has 2 unspecified atom stereocenters. The quantitative estimate of drug-likeness (QED) is 0.796. The Hall–Kier alpha value is -1.30. The van der Waals surface area contributed by atoms with Crippen LogP contribution in [-0.4, -0.2) is 49.3 Å². The SMILES string of the molecule is CCCC1(C)C(=O)N(C)NC1OC(=O)N(C)C. The molecule has 0 aliphatic carbocycles. The van der Waals surface area contributed by atoms with Gasteiger partial charge in [-0.15, -0.1) is 0 Å². The smallest absolute Gasteiger partial charge is 0.410 e. The molecule has 1 saturated heterocycles. The van der Waals surface area contributed by atoms with Gasteiger partial charge >= 0.3 is 6.09 Å². The van der Waals surface area contributed by atoms with Crippen LogP contribution in [0.2, 0.25) is 0 Å². The number of rotatable bonds is 3. The molecule has 6 heteroatoms. The fourth-order valence-electron chi connectivity index (χ4n) is 1.99. The Morgan fingerprint density at radius 2 is 2.18 bits per heavy atom. The predicted octanol–water partition coefficient (Wildman–Crippen LogP) is 0.794. The van der Waals surface area contributed by atoms with Gasteiger partial charge in [-0.05, 0) is 13.3 Å². The lowest BCUT2D eigenvalue weighted by atomic mass is 9.84. The number of nitrogens with one attached hydrogen (secondary N) is 1. The van der Waals surface area contributed by atoms with Crippen molar-refractivity contribution < 1.29 is 14.3 Å². The van der Waals surface area contributed by atoms with Crippen LogP contribution < -0.4 is 5.43 Å². The maximum atomic E-state index is 12.0. The van der Waals surface area contributed by atoms with E-state index in [9.17, 15) is 9.59 Å². The minimum atomic E-state index is -0.685. The van der Waals surface area contributed by atoms with E-state index >= 15 is 0 Å². The maximum Gasteiger partial charge on any atom is 0.410 e. The van der Waals surface area contributed by atoms with Crippen LogP contribution in [0, 0.1) is 5.41 Å². The molecule has 1 fully saturated rings. The Kier molecular flexibility index (Phi) is 3.98. The molecule has 0 aromatic carbocycles. The Morgan fingerprint density at radius 1 is 1.59 bits per heavy atom. The van der Waals surface area contributed by atoms with Gasteiger partial charge in [0.1, 0.15) is 5.41 Å². The standard InChI is InChI=1S/C11H21N3O3/c1-6-7-11(2)8(12-14(5)9(11)15)17-10(16)13(3)4/h8,12H,6-7H2,1-5H3. The summed E-state index contributed by atoms with van der Waals surface area (Å²) in [6.45, 7) is 3.82. The van der Waals surface area contributed by atoms with Gasteiger partial charge in [-0.2, -0.15) is 5.43 Å². The summed E-state index contributed by atoms with van der Waals surface area (Å²) in [6, 6.07) is 0. The van der Waals surface area contributed by atoms with Gasteiger partial charge in [0.25, 0.3) is 0 Å². The second kappa shape index (κ2) is 4.91. The average molecular weight is 243 g/mol. The molecule has 0 radical (unpaired) electrons. The first-order valence-electron chi connectivity index (χ1n) is 5.75. The zero-order valence-electron chi connectivity index (χ0n) is 11.1. The summed E-state index contributed by atoms with van der Waals surface area (Å²) in [5.41, 5.74) is 2.19. The molecule has 17 heavy (non-hydrogen) atoms. The molecule has 1 aliphatic rings. The van der Waals surface area contributed by atoms with Crippen LogP contribution in [0.25, 0.3) is 0 Å². The summed E-state index contributed by atoms with van der Waals surface area (Å²) in [5.74, 6) is -0.0455. The summed E-state index contributed by atoms with van der Waals surface area (Å²) in [5, 5.41) is 1.39. The molecule has 1 N–H and O–H groups in total. The van der Waals surface area contributed by atoms with Crippen molar-refractivity contribution in [1.29, 1.82) is 0 Å². The third-order valence-electron chi connectivity index (χ3n) is 3.04. The molecule has 0 bridgehead atoms. The number of hydrazine groups is 1. The number of carbonyl (C=O) groups is 2. The number of hydrogen-bond acceptors (Lipinski definition) is 4. The van der Waals surface area contributed by atoms with E-state index in [-0.39, 0.29) is 5.91 Å². The molecular weight excluding hydrogens is 222 g/mol. The highest BCUT2D eigenvalue weighted by Crippen LogP contribution is 2.35. The highest BCUT2D eigenvalue weighted by atomic mass is 16.6. The lowest BCUT2D eigenvalue weighted by Crippen LogP contribution is -2.43. The lowest BCUT2D eigenvalue weighted by molar-refractivity contribution is -0.136. The number of carbonyl (C=O) groups excluding carboxylic acids is 2. The molecule has 1 rings (SSSR count). The van der Waals surface area contributed by atoms with E-state index in [1.165, 1.54) is 9.91 Å². The third-order valence-corrected chi connectivity index (χ3v) is 3.04. The summed E-state index contributed by atoms with van der Waals surface area (Å²) in [4.78, 5) is 24.9. The minimum Gasteiger partial charge on any atom is -0.427 e. The molecule has 1 aliphatic heterocycles. The van der Waals surface area contributed by atoms with Crippen molar-refractivity contribution in [3.63, 3.8) is 0 Å². The van der Waals surface area contributed by atoms with E-state index < -0.39 is 17.7 Å². The third kappa shape index (κ3) is 2.52. The fourth-order valence-corrected chi connectivity index (χ4v) is 1.99. The second-order valence-electron chi connectivity index (χ2n) is 4.82. The molecule has 0 saturated carbocycles. The van der Waals surface area contributed by atoms with Gasteiger partial charge in [0.15, 0.2) is 6.23 Å². The molecule has 1 heterocycles. The maximum absolute atomic E-state index is 12.0. The summed E-state index contributed by atoms with van der Waals surface area (Å²) >= 11 is 0. The van der Waals surface area contributed by atoms with Gasteiger partial charge in [-0.1, -0.05) is 13.3 Å². The first-order chi connectivity index (χ1) is 7.82. The molecule has 0 aromatic rings. The molecule has 2 atom stereocenters. The molecule has 6 nitrogen and oxygen atoms in total. The van der Waals surface area contributed by atoms with Crippen molar-refractivity contribution in [2.24, 2.45) is 5.41 Å². The molecular formula is C11H21N3O3. The van der Waals surface area contributed by atoms with Crippen molar-refractivity contribution in [1.82, 2.24) is 15.3 Å². The molecule has 0 spiro atoms. The van der Waals surface area contributed by atoms with Gasteiger partial charge in [-0.25, -0.2) is 4.79 Å². The average Bonchev–Trinajstić information content (AvgIpc) is 2.44. The van der Waals surface area contributed by atoms with Crippen LogP contribution in [0.1, 0.15) is 26.7 Å². The number of amides is 2. The Labute approximate surface area is 102 Å². The number of nitrogens with zero attached hydrogens (tertiary/aromatic N) is 2. The first kappa shape index (κ1) is 13.8. The first-order valence-corrected chi connectivity index (χ1v) is 5.75. The van der Waals surface area contributed by atoms with Crippen LogP contribution in [-0.2, 0) is 9.53 Å². The van der Waals surface area contributed by atoms with Crippen LogP contribution in [0.5, 0.6) is 0 Å². The van der Waals surface area contributed by atoms with E-state index in [4.69, 9.17) is 4.74 Å². The summed E-state index contributed by atoms with van der Waals surface area (Å²) in [6.07, 6.45) is 0.477. The van der Waals surface area contributed by atoms with Gasteiger partial charge in [0.2, 0.25) is 5.91 Å². The van der Waals surface area contributed by atoms with Crippen molar-refractivity contribution in [3.8, 4) is 0 Å². The van der Waals surface area contributed by atoms with Crippen LogP contribution in [0.4, 0.5) is 4.79 Å². The Morgan fingerprint density at radius 3 is 2.65 bits per heavy atom. The zero-order chi connectivity index (χ0) is 13.2. The van der Waals surface area contributed by atoms with Crippen molar-refractivity contribution in [2.45, 2.75) is 32.9 Å². The summed E-state index contributed by atoms with van der Waals surface area (Å²) in [7, 11) is 4.86.